The Bertz CT molecular complexity index is 1350. The molecule has 1 amide bonds. The second-order valence-electron chi connectivity index (χ2n) is 7.58. The minimum atomic E-state index is -0.451. The number of aliphatic imine (C=N–C) groups is 1. The van der Waals surface area contributed by atoms with Crippen molar-refractivity contribution in [3.05, 3.63) is 77.2 Å². The van der Waals surface area contributed by atoms with Gasteiger partial charge >= 0.3 is 0 Å². The fourth-order valence-corrected chi connectivity index (χ4v) is 4.82. The van der Waals surface area contributed by atoms with Gasteiger partial charge < -0.3 is 4.57 Å². The molecule has 0 bridgehead atoms. The molecule has 0 unspecified atom stereocenters. The second-order valence-corrected chi connectivity index (χ2v) is 8.63. The average Bonchev–Trinajstić information content (AvgIpc) is 3.34. The molecular weight excluding hydrogens is 425 g/mol. The summed E-state index contributed by atoms with van der Waals surface area (Å²) in [7, 11) is 0. The van der Waals surface area contributed by atoms with Crippen LogP contribution >= 0.6 is 11.8 Å². The molecule has 0 aliphatic carbocycles. The lowest BCUT2D eigenvalue weighted by molar-refractivity contribution is -0.114. The van der Waals surface area contributed by atoms with E-state index in [9.17, 15) is 9.18 Å². The van der Waals surface area contributed by atoms with Crippen molar-refractivity contribution >= 4 is 50.7 Å². The highest BCUT2D eigenvalue weighted by atomic mass is 32.2. The molecule has 5 rings (SSSR count). The Labute approximate surface area is 188 Å². The molecule has 3 aromatic rings. The first-order valence-corrected chi connectivity index (χ1v) is 11.2. The molecule has 32 heavy (non-hydrogen) atoms. The number of carbonyl (C=O) groups is 1. The smallest absolute Gasteiger partial charge is 0.283 e. The van der Waals surface area contributed by atoms with Gasteiger partial charge in [-0.25, -0.2) is 4.39 Å². The zero-order valence-corrected chi connectivity index (χ0v) is 18.2. The predicted molar refractivity (Wildman–Crippen MR) is 127 cm³/mol. The summed E-state index contributed by atoms with van der Waals surface area (Å²) in [5.41, 5.74) is 2.45. The van der Waals surface area contributed by atoms with Crippen molar-refractivity contribution in [1.29, 1.82) is 5.41 Å². The second kappa shape index (κ2) is 8.20. The topological polar surface area (TPSA) is 73.8 Å². The highest BCUT2D eigenvalue weighted by molar-refractivity contribution is 8.26. The van der Waals surface area contributed by atoms with Crippen LogP contribution in [-0.4, -0.2) is 31.5 Å². The maximum Gasteiger partial charge on any atom is 0.283 e. The van der Waals surface area contributed by atoms with E-state index in [-0.39, 0.29) is 17.2 Å². The van der Waals surface area contributed by atoms with Gasteiger partial charge in [-0.15, -0.1) is 0 Å². The van der Waals surface area contributed by atoms with Gasteiger partial charge in [0.1, 0.15) is 10.9 Å². The number of nitrogens with one attached hydrogen (secondary N) is 1. The number of hydrogen-bond acceptors (Lipinski definition) is 4. The first kappa shape index (κ1) is 20.4. The first-order chi connectivity index (χ1) is 15.5. The monoisotopic (exact) mass is 445 g/mol. The summed E-state index contributed by atoms with van der Waals surface area (Å²) >= 11 is 1.34. The summed E-state index contributed by atoms with van der Waals surface area (Å²) in [4.78, 5) is 16.9. The average molecular weight is 446 g/mol. The van der Waals surface area contributed by atoms with Gasteiger partial charge in [0.2, 0.25) is 5.17 Å². The molecule has 0 spiro atoms. The summed E-state index contributed by atoms with van der Waals surface area (Å²) in [6.07, 6.45) is 5.28. The van der Waals surface area contributed by atoms with Gasteiger partial charge in [0.25, 0.3) is 5.91 Å². The van der Waals surface area contributed by atoms with Gasteiger partial charge in [0.05, 0.1) is 12.1 Å². The lowest BCUT2D eigenvalue weighted by Gasteiger charge is -2.20. The Hall–Kier alpha value is -3.52. The molecule has 8 heteroatoms. The molecule has 0 saturated carbocycles. The highest BCUT2D eigenvalue weighted by Gasteiger charge is 2.35. The van der Waals surface area contributed by atoms with Gasteiger partial charge in [0, 0.05) is 28.2 Å². The summed E-state index contributed by atoms with van der Waals surface area (Å²) in [5, 5.41) is 16.7. The number of para-hydroxylation sites is 1. The Morgan fingerprint density at radius 1 is 1.16 bits per heavy atom. The van der Waals surface area contributed by atoms with Gasteiger partial charge in [-0.1, -0.05) is 43.3 Å². The van der Waals surface area contributed by atoms with E-state index in [0.29, 0.717) is 17.3 Å². The van der Waals surface area contributed by atoms with E-state index in [1.54, 1.807) is 18.2 Å². The number of halogens is 1. The van der Waals surface area contributed by atoms with E-state index in [1.165, 1.54) is 22.8 Å². The zero-order valence-electron chi connectivity index (χ0n) is 17.4. The van der Waals surface area contributed by atoms with E-state index < -0.39 is 5.91 Å². The van der Waals surface area contributed by atoms with Crippen LogP contribution < -0.4 is 0 Å². The number of nitrogens with zero attached hydrogens (tertiary/aromatic N) is 4. The minimum Gasteiger partial charge on any atom is -0.342 e. The Kier molecular flexibility index (Phi) is 5.22. The predicted octanol–water partition coefficient (Wildman–Crippen LogP) is 5.25. The summed E-state index contributed by atoms with van der Waals surface area (Å²) < 4.78 is 16.2. The molecule has 0 radical (unpaired) electrons. The van der Waals surface area contributed by atoms with Crippen LogP contribution in [0, 0.1) is 11.2 Å². The van der Waals surface area contributed by atoms with Crippen LogP contribution in [-0.2, 0) is 11.3 Å². The zero-order chi connectivity index (χ0) is 22.2. The Morgan fingerprint density at radius 3 is 2.75 bits per heavy atom. The Morgan fingerprint density at radius 2 is 1.94 bits per heavy atom. The molecule has 1 N–H and O–H groups in total. The van der Waals surface area contributed by atoms with Gasteiger partial charge in [-0.3, -0.25) is 10.2 Å². The molecule has 0 atom stereocenters. The number of amides is 1. The fraction of sp³-hybridized carbons (Fsp3) is 0.167. The largest absolute Gasteiger partial charge is 0.342 e. The van der Waals surface area contributed by atoms with E-state index >= 15 is 0 Å². The van der Waals surface area contributed by atoms with Crippen molar-refractivity contribution in [3.8, 4) is 0 Å². The van der Waals surface area contributed by atoms with Gasteiger partial charge in [0.15, 0.2) is 5.84 Å². The van der Waals surface area contributed by atoms with Crippen molar-refractivity contribution in [2.75, 3.05) is 0 Å². The lowest BCUT2D eigenvalue weighted by atomic mass is 10.1. The molecule has 2 aliphatic heterocycles. The molecule has 2 aliphatic rings. The number of rotatable bonds is 5. The van der Waals surface area contributed by atoms with Crippen molar-refractivity contribution in [2.24, 2.45) is 10.1 Å². The van der Waals surface area contributed by atoms with Crippen LogP contribution in [0.3, 0.4) is 0 Å². The minimum absolute atomic E-state index is 0.0181. The molecule has 6 nitrogen and oxygen atoms in total. The summed E-state index contributed by atoms with van der Waals surface area (Å²) in [6.45, 7) is 2.42. The van der Waals surface area contributed by atoms with E-state index in [4.69, 9.17) is 5.41 Å². The molecular formula is C24H20FN5OS. The molecule has 0 saturated heterocycles. The van der Waals surface area contributed by atoms with Gasteiger partial charge in [-0.2, -0.15) is 15.1 Å². The molecule has 0 fully saturated rings. The maximum atomic E-state index is 14.2. The maximum absolute atomic E-state index is 14.2. The highest BCUT2D eigenvalue weighted by Crippen LogP contribution is 2.31. The van der Waals surface area contributed by atoms with Crippen molar-refractivity contribution < 1.29 is 9.18 Å². The van der Waals surface area contributed by atoms with Crippen LogP contribution in [0.4, 0.5) is 4.39 Å². The molecule has 160 valence electrons. The van der Waals surface area contributed by atoms with Crippen molar-refractivity contribution in [3.63, 3.8) is 0 Å². The number of carbonyl (C=O) groups excluding carboxylic acids is 1. The number of fused-ring (bicyclic) bond motifs is 2. The molecule has 1 aromatic heterocycles. The quantitative estimate of drug-likeness (QED) is 0.545. The standard InChI is InChI=1S/C24H20FN5OS/c1-2-7-21-28-30-22(26)18(23(31)27-24(30)32-21)12-16-14-29(20-11-6-4-9-17(16)20)13-15-8-3-5-10-19(15)25/h3-6,8-12,14,26H,2,7,13H2,1H3. The molecule has 3 heterocycles. The van der Waals surface area contributed by atoms with E-state index in [0.717, 1.165) is 34.4 Å². The van der Waals surface area contributed by atoms with Crippen LogP contribution in [0.5, 0.6) is 0 Å². The fourth-order valence-electron chi connectivity index (χ4n) is 3.83. The van der Waals surface area contributed by atoms with Crippen LogP contribution in [0.25, 0.3) is 17.0 Å². The van der Waals surface area contributed by atoms with E-state index in [1.807, 2.05) is 41.1 Å². The number of hydrazone groups is 1. The Balaban J connectivity index is 1.55. The first-order valence-electron chi connectivity index (χ1n) is 10.4. The van der Waals surface area contributed by atoms with Crippen LogP contribution in [0.15, 0.2) is 70.4 Å². The number of hydrogen-bond donors (Lipinski definition) is 1. The van der Waals surface area contributed by atoms with Crippen LogP contribution in [0.2, 0.25) is 0 Å². The van der Waals surface area contributed by atoms with Crippen molar-refractivity contribution in [1.82, 2.24) is 9.58 Å². The third-order valence-electron chi connectivity index (χ3n) is 5.38. The number of thioether (sulfide) groups is 1. The third-order valence-corrected chi connectivity index (χ3v) is 6.35. The number of benzene rings is 2. The third kappa shape index (κ3) is 3.56. The normalized spacial score (nSPS) is 17.2. The SMILES string of the molecule is CCCC1=NN2C(=N)C(=Cc3cn(Cc4ccccc4F)c4ccccc34)C(=O)N=C2S1. The van der Waals surface area contributed by atoms with E-state index in [2.05, 4.69) is 17.0 Å². The van der Waals surface area contributed by atoms with Crippen molar-refractivity contribution in [2.45, 2.75) is 26.3 Å². The van der Waals surface area contributed by atoms with Gasteiger partial charge in [-0.05, 0) is 42.8 Å². The molecule has 2 aromatic carbocycles. The van der Waals surface area contributed by atoms with Crippen LogP contribution in [0.1, 0.15) is 30.9 Å². The summed E-state index contributed by atoms with van der Waals surface area (Å²) in [6, 6.07) is 14.4. The summed E-state index contributed by atoms with van der Waals surface area (Å²) in [5.74, 6) is -0.694. The lowest BCUT2D eigenvalue weighted by Crippen LogP contribution is -2.35. The number of aromatic nitrogens is 1. The number of amidine groups is 2.